The third kappa shape index (κ3) is 3.81. The van der Waals surface area contributed by atoms with E-state index in [0.717, 1.165) is 5.56 Å². The highest BCUT2D eigenvalue weighted by Gasteiger charge is 2.24. The van der Waals surface area contributed by atoms with Crippen molar-refractivity contribution in [2.24, 2.45) is 0 Å². The summed E-state index contributed by atoms with van der Waals surface area (Å²) >= 11 is 0. The molecule has 0 N–H and O–H groups in total. The van der Waals surface area contributed by atoms with E-state index in [0.29, 0.717) is 31.7 Å². The summed E-state index contributed by atoms with van der Waals surface area (Å²) in [4.78, 5) is 37.4. The molecule has 6 nitrogen and oxygen atoms in total. The van der Waals surface area contributed by atoms with Crippen LogP contribution in [-0.2, 0) is 9.59 Å². The molecule has 1 aliphatic heterocycles. The van der Waals surface area contributed by atoms with Gasteiger partial charge in [0.25, 0.3) is 5.91 Å². The highest BCUT2D eigenvalue weighted by Crippen LogP contribution is 2.10. The van der Waals surface area contributed by atoms with Crippen molar-refractivity contribution in [1.82, 2.24) is 9.80 Å². The Kier molecular flexibility index (Phi) is 4.57. The number of carboxylic acids is 1. The van der Waals surface area contributed by atoms with E-state index < -0.39 is 18.3 Å². The van der Waals surface area contributed by atoms with Crippen molar-refractivity contribution >= 4 is 17.8 Å². The number of rotatable bonds is 3. The standard InChI is InChI=1S/C15H18N2O4/c1-11-2-4-12(5-3-11)15(21)17-8-6-16(7-9-17)13(18)10-14(19)20/h2-5H,6-10H2,1H3,(H,19,20)/p-1. The van der Waals surface area contributed by atoms with E-state index in [1.54, 1.807) is 17.0 Å². The van der Waals surface area contributed by atoms with Crippen LogP contribution in [0.4, 0.5) is 0 Å². The fraction of sp³-hybridized carbons (Fsp3) is 0.400. The topological polar surface area (TPSA) is 80.8 Å². The number of aryl methyl sites for hydroxylation is 1. The number of nitrogens with zero attached hydrogens (tertiary/aromatic N) is 2. The van der Waals surface area contributed by atoms with Crippen molar-refractivity contribution in [3.05, 3.63) is 35.4 Å². The molecule has 0 aliphatic carbocycles. The van der Waals surface area contributed by atoms with Gasteiger partial charge in [0.05, 0.1) is 12.4 Å². The third-order valence-electron chi connectivity index (χ3n) is 3.51. The zero-order chi connectivity index (χ0) is 15.4. The lowest BCUT2D eigenvalue weighted by Crippen LogP contribution is -2.51. The second-order valence-corrected chi connectivity index (χ2v) is 5.09. The van der Waals surface area contributed by atoms with Gasteiger partial charge in [-0.25, -0.2) is 0 Å². The SMILES string of the molecule is Cc1ccc(C(=O)N2CCN(C(=O)CC(=O)[O-])CC2)cc1. The molecule has 2 amide bonds. The smallest absolute Gasteiger partial charge is 0.253 e. The average Bonchev–Trinajstić information content (AvgIpc) is 2.47. The molecule has 0 atom stereocenters. The fourth-order valence-electron chi connectivity index (χ4n) is 2.27. The summed E-state index contributed by atoms with van der Waals surface area (Å²) < 4.78 is 0. The number of piperazine rings is 1. The van der Waals surface area contributed by atoms with E-state index in [1.165, 1.54) is 4.90 Å². The number of hydrogen-bond donors (Lipinski definition) is 0. The Morgan fingerprint density at radius 3 is 2.05 bits per heavy atom. The first-order chi connectivity index (χ1) is 9.97. The van der Waals surface area contributed by atoms with E-state index in [1.807, 2.05) is 19.1 Å². The number of carboxylic acid groups (broad SMARTS) is 1. The second kappa shape index (κ2) is 6.39. The van der Waals surface area contributed by atoms with Crippen molar-refractivity contribution < 1.29 is 19.5 Å². The van der Waals surface area contributed by atoms with Gasteiger partial charge in [0.15, 0.2) is 0 Å². The molecule has 1 heterocycles. The fourth-order valence-corrected chi connectivity index (χ4v) is 2.27. The van der Waals surface area contributed by atoms with Crippen LogP contribution in [0, 0.1) is 6.92 Å². The maximum Gasteiger partial charge on any atom is 0.253 e. The molecule has 0 aromatic heterocycles. The monoisotopic (exact) mass is 289 g/mol. The summed E-state index contributed by atoms with van der Waals surface area (Å²) in [7, 11) is 0. The van der Waals surface area contributed by atoms with Gasteiger partial charge in [-0.2, -0.15) is 0 Å². The van der Waals surface area contributed by atoms with E-state index in [-0.39, 0.29) is 5.91 Å². The van der Waals surface area contributed by atoms with Crippen LogP contribution in [0.5, 0.6) is 0 Å². The van der Waals surface area contributed by atoms with Crippen LogP contribution in [-0.4, -0.2) is 53.8 Å². The van der Waals surface area contributed by atoms with Crippen LogP contribution in [0.25, 0.3) is 0 Å². The molecule has 2 rings (SSSR count). The molecule has 0 saturated carbocycles. The molecule has 1 aromatic carbocycles. The Balaban J connectivity index is 1.91. The second-order valence-electron chi connectivity index (χ2n) is 5.09. The third-order valence-corrected chi connectivity index (χ3v) is 3.51. The molecule has 21 heavy (non-hydrogen) atoms. The van der Waals surface area contributed by atoms with Gasteiger partial charge in [0, 0.05) is 31.7 Å². The van der Waals surface area contributed by atoms with Crippen LogP contribution in [0.15, 0.2) is 24.3 Å². The number of carbonyl (C=O) groups is 3. The molecule has 0 spiro atoms. The average molecular weight is 289 g/mol. The maximum atomic E-state index is 12.3. The molecule has 6 heteroatoms. The van der Waals surface area contributed by atoms with E-state index in [9.17, 15) is 19.5 Å². The van der Waals surface area contributed by atoms with Crippen LogP contribution in [0.1, 0.15) is 22.3 Å². The van der Waals surface area contributed by atoms with Crippen molar-refractivity contribution in [3.63, 3.8) is 0 Å². The molecule has 0 radical (unpaired) electrons. The normalized spacial score (nSPS) is 14.9. The minimum Gasteiger partial charge on any atom is -0.550 e. The molecule has 0 bridgehead atoms. The molecule has 1 aliphatic rings. The lowest BCUT2D eigenvalue weighted by Gasteiger charge is -2.35. The Labute approximate surface area is 123 Å². The van der Waals surface area contributed by atoms with E-state index >= 15 is 0 Å². The summed E-state index contributed by atoms with van der Waals surface area (Å²) in [5.41, 5.74) is 1.71. The highest BCUT2D eigenvalue weighted by molar-refractivity contribution is 5.95. The van der Waals surface area contributed by atoms with Crippen molar-refractivity contribution in [3.8, 4) is 0 Å². The Morgan fingerprint density at radius 2 is 1.52 bits per heavy atom. The van der Waals surface area contributed by atoms with Crippen molar-refractivity contribution in [2.75, 3.05) is 26.2 Å². The summed E-state index contributed by atoms with van der Waals surface area (Å²) in [6.07, 6.45) is -0.605. The van der Waals surface area contributed by atoms with Crippen LogP contribution in [0.2, 0.25) is 0 Å². The van der Waals surface area contributed by atoms with Gasteiger partial charge in [-0.15, -0.1) is 0 Å². The molecule has 0 unspecified atom stereocenters. The first-order valence-corrected chi connectivity index (χ1v) is 6.81. The van der Waals surface area contributed by atoms with Gasteiger partial charge < -0.3 is 19.7 Å². The molecule has 1 fully saturated rings. The molecule has 1 saturated heterocycles. The number of hydrogen-bond acceptors (Lipinski definition) is 4. The van der Waals surface area contributed by atoms with Crippen LogP contribution in [0.3, 0.4) is 0 Å². The number of carbonyl (C=O) groups excluding carboxylic acids is 3. The lowest BCUT2D eigenvalue weighted by atomic mass is 10.1. The highest BCUT2D eigenvalue weighted by atomic mass is 16.4. The predicted molar refractivity (Wildman–Crippen MR) is 73.3 cm³/mol. The van der Waals surface area contributed by atoms with Crippen LogP contribution < -0.4 is 5.11 Å². The molecule has 1 aromatic rings. The minimum absolute atomic E-state index is 0.0676. The van der Waals surface area contributed by atoms with Gasteiger partial charge in [-0.3, -0.25) is 9.59 Å². The number of benzene rings is 1. The van der Waals surface area contributed by atoms with Gasteiger partial charge >= 0.3 is 0 Å². The summed E-state index contributed by atoms with van der Waals surface area (Å²) in [5.74, 6) is -1.91. The number of aliphatic carboxylic acids is 1. The maximum absolute atomic E-state index is 12.3. The van der Waals surface area contributed by atoms with Crippen molar-refractivity contribution in [1.29, 1.82) is 0 Å². The predicted octanol–water partition coefficient (Wildman–Crippen LogP) is -0.581. The minimum atomic E-state index is -1.38. The van der Waals surface area contributed by atoms with E-state index in [4.69, 9.17) is 0 Å². The largest absolute Gasteiger partial charge is 0.550 e. The summed E-state index contributed by atoms with van der Waals surface area (Å²) in [6.45, 7) is 3.47. The van der Waals surface area contributed by atoms with Crippen LogP contribution >= 0.6 is 0 Å². The van der Waals surface area contributed by atoms with Gasteiger partial charge in [0.2, 0.25) is 5.91 Å². The molecule has 112 valence electrons. The van der Waals surface area contributed by atoms with Gasteiger partial charge in [-0.1, -0.05) is 17.7 Å². The summed E-state index contributed by atoms with van der Waals surface area (Å²) in [5, 5.41) is 10.4. The van der Waals surface area contributed by atoms with E-state index in [2.05, 4.69) is 0 Å². The molecular formula is C15H17N2O4-. The van der Waals surface area contributed by atoms with Gasteiger partial charge in [0.1, 0.15) is 0 Å². The quantitative estimate of drug-likeness (QED) is 0.697. The summed E-state index contributed by atoms with van der Waals surface area (Å²) in [6, 6.07) is 7.33. The Morgan fingerprint density at radius 1 is 1.00 bits per heavy atom. The first kappa shape index (κ1) is 15.0. The zero-order valence-electron chi connectivity index (χ0n) is 11.9. The molecular weight excluding hydrogens is 272 g/mol. The lowest BCUT2D eigenvalue weighted by molar-refractivity contribution is -0.304. The van der Waals surface area contributed by atoms with Gasteiger partial charge in [-0.05, 0) is 19.1 Å². The Hall–Kier alpha value is -2.37. The number of amides is 2. The van der Waals surface area contributed by atoms with Crippen molar-refractivity contribution in [2.45, 2.75) is 13.3 Å². The Bertz CT molecular complexity index is 545. The zero-order valence-corrected chi connectivity index (χ0v) is 11.9. The first-order valence-electron chi connectivity index (χ1n) is 6.81.